The number of amides is 1. The highest BCUT2D eigenvalue weighted by Crippen LogP contribution is 2.32. The van der Waals surface area contributed by atoms with Gasteiger partial charge in [0.25, 0.3) is 0 Å². The second kappa shape index (κ2) is 9.40. The largest absolute Gasteiger partial charge is 0.384 e. The van der Waals surface area contributed by atoms with Crippen molar-refractivity contribution in [2.24, 2.45) is 0 Å². The summed E-state index contributed by atoms with van der Waals surface area (Å²) in [4.78, 5) is 28.6. The lowest BCUT2D eigenvalue weighted by Gasteiger charge is -2.32. The van der Waals surface area contributed by atoms with Gasteiger partial charge in [-0.15, -0.1) is 0 Å². The molecule has 8 nitrogen and oxygen atoms in total. The summed E-state index contributed by atoms with van der Waals surface area (Å²) in [5.41, 5.74) is 2.00. The standard InChI is InChI=1S/C22H26N6O2S/c1-14-6-9-23-20(12-14)27-19-5-3-4-17(26-19)18-13-24-22(31-18)28-10-7-16(8-11-28)25-21(30)15(2)29/h3-6,9,12-13,15-16,29H,7-8,10-11H2,1-2H3,(H,25,30)(H,23,26,27). The summed E-state index contributed by atoms with van der Waals surface area (Å²) in [5, 5.41) is 16.5. The van der Waals surface area contributed by atoms with E-state index in [1.54, 1.807) is 17.5 Å². The van der Waals surface area contributed by atoms with Gasteiger partial charge >= 0.3 is 0 Å². The third-order valence-corrected chi connectivity index (χ3v) is 6.24. The summed E-state index contributed by atoms with van der Waals surface area (Å²) in [6.07, 6.45) is 4.32. The van der Waals surface area contributed by atoms with Crippen molar-refractivity contribution >= 4 is 34.0 Å². The van der Waals surface area contributed by atoms with Crippen molar-refractivity contribution in [3.05, 3.63) is 48.3 Å². The molecule has 3 aromatic rings. The third-order valence-electron chi connectivity index (χ3n) is 5.16. The first-order valence-corrected chi connectivity index (χ1v) is 11.2. The molecule has 31 heavy (non-hydrogen) atoms. The van der Waals surface area contributed by atoms with Gasteiger partial charge < -0.3 is 20.6 Å². The van der Waals surface area contributed by atoms with E-state index in [4.69, 9.17) is 4.98 Å². The average Bonchev–Trinajstić information content (AvgIpc) is 3.25. The van der Waals surface area contributed by atoms with Crippen molar-refractivity contribution in [2.75, 3.05) is 23.3 Å². The minimum Gasteiger partial charge on any atom is -0.384 e. The fourth-order valence-corrected chi connectivity index (χ4v) is 4.38. The van der Waals surface area contributed by atoms with Crippen LogP contribution < -0.4 is 15.5 Å². The number of anilines is 3. The molecular weight excluding hydrogens is 412 g/mol. The van der Waals surface area contributed by atoms with Gasteiger partial charge in [-0.3, -0.25) is 4.79 Å². The van der Waals surface area contributed by atoms with E-state index in [1.807, 2.05) is 43.5 Å². The molecule has 9 heteroatoms. The average molecular weight is 439 g/mol. The lowest BCUT2D eigenvalue weighted by molar-refractivity contribution is -0.129. The molecule has 1 aliphatic rings. The Labute approximate surface area is 185 Å². The number of rotatable bonds is 6. The van der Waals surface area contributed by atoms with Gasteiger partial charge in [0, 0.05) is 31.5 Å². The minimum atomic E-state index is -0.973. The van der Waals surface area contributed by atoms with E-state index in [9.17, 15) is 9.90 Å². The summed E-state index contributed by atoms with van der Waals surface area (Å²) in [6.45, 7) is 5.13. The van der Waals surface area contributed by atoms with Crippen LogP contribution in [0.25, 0.3) is 10.6 Å². The molecule has 4 rings (SSSR count). The van der Waals surface area contributed by atoms with E-state index in [0.29, 0.717) is 0 Å². The first-order chi connectivity index (χ1) is 15.0. The van der Waals surface area contributed by atoms with Gasteiger partial charge in [-0.1, -0.05) is 17.4 Å². The van der Waals surface area contributed by atoms with Gasteiger partial charge in [0.2, 0.25) is 5.91 Å². The summed E-state index contributed by atoms with van der Waals surface area (Å²) < 4.78 is 0. The number of hydrogen-bond acceptors (Lipinski definition) is 8. The Kier molecular flexibility index (Phi) is 6.43. The summed E-state index contributed by atoms with van der Waals surface area (Å²) >= 11 is 1.61. The maximum Gasteiger partial charge on any atom is 0.248 e. The zero-order valence-corrected chi connectivity index (χ0v) is 18.4. The fourth-order valence-electron chi connectivity index (χ4n) is 3.44. The SMILES string of the molecule is Cc1ccnc(Nc2cccc(-c3cnc(N4CCC(NC(=O)C(C)O)CC4)s3)n2)c1. The molecule has 162 valence electrons. The summed E-state index contributed by atoms with van der Waals surface area (Å²) in [6, 6.07) is 9.89. The number of hydrogen-bond donors (Lipinski definition) is 3. The van der Waals surface area contributed by atoms with Crippen LogP contribution in [0.3, 0.4) is 0 Å². The second-order valence-corrected chi connectivity index (χ2v) is 8.71. The van der Waals surface area contributed by atoms with Gasteiger partial charge in [0.05, 0.1) is 10.6 Å². The zero-order chi connectivity index (χ0) is 21.8. The number of aliphatic hydroxyl groups excluding tert-OH is 1. The van der Waals surface area contributed by atoms with E-state index in [2.05, 4.69) is 25.5 Å². The van der Waals surface area contributed by atoms with Crippen LogP contribution in [-0.2, 0) is 4.79 Å². The lowest BCUT2D eigenvalue weighted by Crippen LogP contribution is -2.47. The van der Waals surface area contributed by atoms with Crippen LogP contribution in [0.15, 0.2) is 42.7 Å². The maximum absolute atomic E-state index is 11.7. The molecule has 0 saturated carbocycles. The van der Waals surface area contributed by atoms with Crippen molar-refractivity contribution in [3.8, 4) is 10.6 Å². The van der Waals surface area contributed by atoms with Gasteiger partial charge in [0.15, 0.2) is 5.13 Å². The highest BCUT2D eigenvalue weighted by molar-refractivity contribution is 7.18. The smallest absolute Gasteiger partial charge is 0.248 e. The van der Waals surface area contributed by atoms with Gasteiger partial charge in [0.1, 0.15) is 17.7 Å². The van der Waals surface area contributed by atoms with Gasteiger partial charge in [-0.2, -0.15) is 0 Å². The predicted molar refractivity (Wildman–Crippen MR) is 123 cm³/mol. The Morgan fingerprint density at radius 2 is 2.03 bits per heavy atom. The molecule has 1 saturated heterocycles. The maximum atomic E-state index is 11.7. The molecule has 3 aromatic heterocycles. The number of nitrogens with one attached hydrogen (secondary N) is 2. The van der Waals surface area contributed by atoms with E-state index in [0.717, 1.165) is 58.8 Å². The Balaban J connectivity index is 1.40. The second-order valence-electron chi connectivity index (χ2n) is 7.70. The molecule has 1 aliphatic heterocycles. The molecule has 1 fully saturated rings. The number of nitrogens with zero attached hydrogens (tertiary/aromatic N) is 4. The number of piperidine rings is 1. The third kappa shape index (κ3) is 5.36. The molecule has 0 bridgehead atoms. The van der Waals surface area contributed by atoms with E-state index >= 15 is 0 Å². The molecule has 1 amide bonds. The number of aromatic nitrogens is 3. The molecule has 0 aliphatic carbocycles. The highest BCUT2D eigenvalue weighted by atomic mass is 32.1. The van der Waals surface area contributed by atoms with E-state index in [-0.39, 0.29) is 11.9 Å². The fraction of sp³-hybridized carbons (Fsp3) is 0.364. The van der Waals surface area contributed by atoms with Crippen molar-refractivity contribution in [1.82, 2.24) is 20.3 Å². The Morgan fingerprint density at radius 3 is 2.77 bits per heavy atom. The molecule has 3 N–H and O–H groups in total. The highest BCUT2D eigenvalue weighted by Gasteiger charge is 2.24. The monoisotopic (exact) mass is 438 g/mol. The first-order valence-electron chi connectivity index (χ1n) is 10.3. The van der Waals surface area contributed by atoms with Crippen LogP contribution in [0.2, 0.25) is 0 Å². The summed E-state index contributed by atoms with van der Waals surface area (Å²) in [5.74, 6) is 1.19. The van der Waals surface area contributed by atoms with Crippen molar-refractivity contribution in [2.45, 2.75) is 38.8 Å². The molecule has 0 spiro atoms. The number of carbonyl (C=O) groups is 1. The van der Waals surface area contributed by atoms with Gasteiger partial charge in [-0.25, -0.2) is 15.0 Å². The molecule has 1 atom stereocenters. The van der Waals surface area contributed by atoms with Gasteiger partial charge in [-0.05, 0) is 56.5 Å². The van der Waals surface area contributed by atoms with Crippen LogP contribution in [0.5, 0.6) is 0 Å². The van der Waals surface area contributed by atoms with Crippen LogP contribution in [0.4, 0.5) is 16.8 Å². The quantitative estimate of drug-likeness (QED) is 0.543. The zero-order valence-electron chi connectivity index (χ0n) is 17.6. The van der Waals surface area contributed by atoms with Crippen LogP contribution in [-0.4, -0.2) is 51.2 Å². The number of carbonyl (C=O) groups excluding carboxylic acids is 1. The van der Waals surface area contributed by atoms with Crippen molar-refractivity contribution < 1.29 is 9.90 Å². The molecule has 4 heterocycles. The number of aliphatic hydroxyl groups is 1. The minimum absolute atomic E-state index is 0.0948. The van der Waals surface area contributed by atoms with Crippen LogP contribution in [0, 0.1) is 6.92 Å². The predicted octanol–water partition coefficient (Wildman–Crippen LogP) is 3.12. The summed E-state index contributed by atoms with van der Waals surface area (Å²) in [7, 11) is 0. The number of pyridine rings is 2. The Morgan fingerprint density at radius 1 is 1.23 bits per heavy atom. The molecule has 1 unspecified atom stereocenters. The Bertz CT molecular complexity index is 1050. The number of thiazole rings is 1. The first kappa shape index (κ1) is 21.2. The van der Waals surface area contributed by atoms with Crippen molar-refractivity contribution in [1.29, 1.82) is 0 Å². The normalized spacial score (nSPS) is 15.5. The Hall–Kier alpha value is -3.04. The van der Waals surface area contributed by atoms with E-state index in [1.165, 1.54) is 6.92 Å². The van der Waals surface area contributed by atoms with Crippen LogP contribution in [0.1, 0.15) is 25.3 Å². The molecule has 0 radical (unpaired) electrons. The van der Waals surface area contributed by atoms with Crippen LogP contribution >= 0.6 is 11.3 Å². The number of aryl methyl sites for hydroxylation is 1. The molecular formula is C22H26N6O2S. The van der Waals surface area contributed by atoms with Crippen molar-refractivity contribution in [3.63, 3.8) is 0 Å². The lowest BCUT2D eigenvalue weighted by atomic mass is 10.1. The molecule has 0 aromatic carbocycles. The topological polar surface area (TPSA) is 103 Å². The van der Waals surface area contributed by atoms with E-state index < -0.39 is 6.10 Å².